The summed E-state index contributed by atoms with van der Waals surface area (Å²) in [5, 5.41) is 4.14. The summed E-state index contributed by atoms with van der Waals surface area (Å²) < 4.78 is 5.91. The number of ether oxygens (including phenoxy) is 1. The third-order valence-electron chi connectivity index (χ3n) is 4.47. The molecule has 0 saturated carbocycles. The summed E-state index contributed by atoms with van der Waals surface area (Å²) >= 11 is 6.37. The van der Waals surface area contributed by atoms with Crippen LogP contribution in [0.5, 0.6) is 5.75 Å². The molecule has 1 saturated heterocycles. The Hall–Kier alpha value is -0.730. The Morgan fingerprint density at radius 2 is 2.20 bits per heavy atom. The average molecular weight is 296 g/mol. The van der Waals surface area contributed by atoms with E-state index in [2.05, 4.69) is 38.2 Å². The number of hydrogen-bond acceptors (Lipinski definition) is 2. The van der Waals surface area contributed by atoms with Crippen molar-refractivity contribution in [3.63, 3.8) is 0 Å². The third-order valence-corrected chi connectivity index (χ3v) is 4.77. The Morgan fingerprint density at radius 1 is 1.40 bits per heavy atom. The van der Waals surface area contributed by atoms with E-state index in [0.717, 1.165) is 36.9 Å². The van der Waals surface area contributed by atoms with E-state index in [9.17, 15) is 0 Å². The zero-order chi connectivity index (χ0) is 14.6. The van der Waals surface area contributed by atoms with Gasteiger partial charge in [-0.25, -0.2) is 0 Å². The van der Waals surface area contributed by atoms with Crippen molar-refractivity contribution in [1.82, 2.24) is 5.32 Å². The molecule has 20 heavy (non-hydrogen) atoms. The van der Waals surface area contributed by atoms with Gasteiger partial charge in [-0.3, -0.25) is 0 Å². The van der Waals surface area contributed by atoms with Gasteiger partial charge in [-0.15, -0.1) is 0 Å². The fourth-order valence-corrected chi connectivity index (χ4v) is 2.75. The van der Waals surface area contributed by atoms with Crippen LogP contribution in [0.4, 0.5) is 0 Å². The minimum absolute atomic E-state index is 0.162. The van der Waals surface area contributed by atoms with Crippen LogP contribution in [-0.4, -0.2) is 19.7 Å². The van der Waals surface area contributed by atoms with Gasteiger partial charge in [0.1, 0.15) is 5.75 Å². The van der Waals surface area contributed by atoms with Crippen molar-refractivity contribution in [2.24, 2.45) is 5.92 Å². The first-order chi connectivity index (χ1) is 9.53. The number of benzene rings is 1. The van der Waals surface area contributed by atoms with E-state index in [1.807, 2.05) is 6.07 Å². The summed E-state index contributed by atoms with van der Waals surface area (Å²) in [5.41, 5.74) is 1.44. The summed E-state index contributed by atoms with van der Waals surface area (Å²) in [4.78, 5) is 0. The molecule has 2 nitrogen and oxygen atoms in total. The number of rotatable bonds is 5. The second-order valence-corrected chi connectivity index (χ2v) is 6.81. The monoisotopic (exact) mass is 295 g/mol. The Morgan fingerprint density at radius 3 is 2.80 bits per heavy atom. The van der Waals surface area contributed by atoms with Crippen LogP contribution in [0.15, 0.2) is 18.2 Å². The molecule has 1 aliphatic rings. The number of nitrogens with one attached hydrogen (secondary N) is 1. The zero-order valence-electron chi connectivity index (χ0n) is 12.8. The van der Waals surface area contributed by atoms with Gasteiger partial charge in [0.05, 0.1) is 11.6 Å². The lowest BCUT2D eigenvalue weighted by Gasteiger charge is -2.25. The molecular formula is C17H26ClNO. The highest BCUT2D eigenvalue weighted by atomic mass is 35.5. The van der Waals surface area contributed by atoms with Gasteiger partial charge < -0.3 is 10.1 Å². The van der Waals surface area contributed by atoms with E-state index < -0.39 is 0 Å². The van der Waals surface area contributed by atoms with Crippen LogP contribution in [0, 0.1) is 5.92 Å². The summed E-state index contributed by atoms with van der Waals surface area (Å²) in [6.07, 6.45) is 3.58. The number of piperidine rings is 1. The molecule has 0 radical (unpaired) electrons. The van der Waals surface area contributed by atoms with Crippen LogP contribution in [-0.2, 0) is 5.41 Å². The highest BCUT2D eigenvalue weighted by molar-refractivity contribution is 6.32. The van der Waals surface area contributed by atoms with Gasteiger partial charge >= 0.3 is 0 Å². The predicted octanol–water partition coefficient (Wildman–Crippen LogP) is 4.41. The van der Waals surface area contributed by atoms with Crippen molar-refractivity contribution >= 4 is 11.6 Å². The summed E-state index contributed by atoms with van der Waals surface area (Å²) in [7, 11) is 0. The molecule has 0 aromatic heterocycles. The van der Waals surface area contributed by atoms with Crippen LogP contribution in [0.1, 0.15) is 45.6 Å². The number of halogens is 1. The lowest BCUT2D eigenvalue weighted by Crippen LogP contribution is -2.33. The fraction of sp³-hybridized carbons (Fsp3) is 0.647. The maximum Gasteiger partial charge on any atom is 0.137 e. The molecular weight excluding hydrogens is 270 g/mol. The average Bonchev–Trinajstić information content (AvgIpc) is 2.47. The van der Waals surface area contributed by atoms with Crippen molar-refractivity contribution < 1.29 is 4.74 Å². The lowest BCUT2D eigenvalue weighted by molar-refractivity contribution is 0.218. The van der Waals surface area contributed by atoms with E-state index >= 15 is 0 Å². The topological polar surface area (TPSA) is 21.3 Å². The van der Waals surface area contributed by atoms with Crippen molar-refractivity contribution in [3.8, 4) is 5.75 Å². The smallest absolute Gasteiger partial charge is 0.137 e. The van der Waals surface area contributed by atoms with Gasteiger partial charge in [0.25, 0.3) is 0 Å². The summed E-state index contributed by atoms with van der Waals surface area (Å²) in [6, 6.07) is 6.22. The molecule has 1 aliphatic heterocycles. The normalized spacial score (nSPS) is 19.9. The fourth-order valence-electron chi connectivity index (χ4n) is 2.52. The van der Waals surface area contributed by atoms with Crippen LogP contribution in [0.3, 0.4) is 0 Å². The molecule has 1 aromatic carbocycles. The van der Waals surface area contributed by atoms with Crippen LogP contribution >= 0.6 is 11.6 Å². The lowest BCUT2D eigenvalue weighted by atomic mass is 9.82. The highest BCUT2D eigenvalue weighted by Gasteiger charge is 2.20. The quantitative estimate of drug-likeness (QED) is 0.869. The maximum absolute atomic E-state index is 6.37. The second kappa shape index (κ2) is 6.82. The molecule has 1 aromatic rings. The van der Waals surface area contributed by atoms with Crippen molar-refractivity contribution in [3.05, 3.63) is 28.8 Å². The molecule has 0 aliphatic carbocycles. The standard InChI is InChI=1S/C17H26ClNO/c1-4-17(2,3)14-7-8-16(15(18)10-14)20-12-13-6-5-9-19-11-13/h7-8,10,13,19H,4-6,9,11-12H2,1-3H3/t13-/m1/s1. The largest absolute Gasteiger partial charge is 0.492 e. The van der Waals surface area contributed by atoms with E-state index in [0.29, 0.717) is 5.92 Å². The van der Waals surface area contributed by atoms with Gasteiger partial charge in [-0.05, 0) is 48.9 Å². The first kappa shape index (κ1) is 15.7. The highest BCUT2D eigenvalue weighted by Crippen LogP contribution is 2.33. The first-order valence-corrected chi connectivity index (χ1v) is 8.04. The molecule has 1 fully saturated rings. The van der Waals surface area contributed by atoms with Gasteiger partial charge in [-0.2, -0.15) is 0 Å². The Bertz CT molecular complexity index is 439. The van der Waals surface area contributed by atoms with E-state index in [4.69, 9.17) is 16.3 Å². The summed E-state index contributed by atoms with van der Waals surface area (Å²) in [5.74, 6) is 1.42. The Kier molecular flexibility index (Phi) is 5.34. The first-order valence-electron chi connectivity index (χ1n) is 7.66. The Labute approximate surface area is 127 Å². The SMILES string of the molecule is CCC(C)(C)c1ccc(OC[C@@H]2CCCNC2)c(Cl)c1. The maximum atomic E-state index is 6.37. The van der Waals surface area contributed by atoms with E-state index in [1.54, 1.807) is 0 Å². The van der Waals surface area contributed by atoms with Crippen molar-refractivity contribution in [1.29, 1.82) is 0 Å². The molecule has 1 heterocycles. The molecule has 112 valence electrons. The van der Waals surface area contributed by atoms with Gasteiger partial charge in [-0.1, -0.05) is 38.4 Å². The molecule has 0 unspecified atom stereocenters. The molecule has 2 rings (SSSR count). The van der Waals surface area contributed by atoms with E-state index in [1.165, 1.54) is 18.4 Å². The van der Waals surface area contributed by atoms with Gasteiger partial charge in [0.2, 0.25) is 0 Å². The minimum atomic E-state index is 0.162. The molecule has 0 spiro atoms. The van der Waals surface area contributed by atoms with Crippen LogP contribution < -0.4 is 10.1 Å². The molecule has 0 amide bonds. The van der Waals surface area contributed by atoms with Crippen molar-refractivity contribution in [2.75, 3.05) is 19.7 Å². The number of hydrogen-bond donors (Lipinski definition) is 1. The summed E-state index contributed by atoms with van der Waals surface area (Å²) in [6.45, 7) is 9.63. The van der Waals surface area contributed by atoms with Crippen LogP contribution in [0.25, 0.3) is 0 Å². The molecule has 1 atom stereocenters. The molecule has 1 N–H and O–H groups in total. The zero-order valence-corrected chi connectivity index (χ0v) is 13.6. The predicted molar refractivity (Wildman–Crippen MR) is 85.9 cm³/mol. The molecule has 3 heteroatoms. The minimum Gasteiger partial charge on any atom is -0.492 e. The van der Waals surface area contributed by atoms with Crippen LogP contribution in [0.2, 0.25) is 5.02 Å². The molecule has 0 bridgehead atoms. The van der Waals surface area contributed by atoms with Gasteiger partial charge in [0, 0.05) is 12.5 Å². The van der Waals surface area contributed by atoms with Gasteiger partial charge in [0.15, 0.2) is 0 Å². The second-order valence-electron chi connectivity index (χ2n) is 6.41. The third kappa shape index (κ3) is 3.89. The Balaban J connectivity index is 1.99. The van der Waals surface area contributed by atoms with E-state index in [-0.39, 0.29) is 5.41 Å². The van der Waals surface area contributed by atoms with Crippen molar-refractivity contribution in [2.45, 2.75) is 45.4 Å².